The van der Waals surface area contributed by atoms with Crippen LogP contribution in [0.25, 0.3) is 0 Å². The van der Waals surface area contributed by atoms with E-state index in [4.69, 9.17) is 10.5 Å². The van der Waals surface area contributed by atoms with Crippen molar-refractivity contribution in [2.45, 2.75) is 45.2 Å². The average molecular weight is 237 g/mol. The van der Waals surface area contributed by atoms with Crippen molar-refractivity contribution in [2.75, 3.05) is 26.3 Å². The Bertz CT molecular complexity index is 148. The first-order chi connectivity index (χ1) is 6.75. The topological polar surface area (TPSA) is 38.5 Å². The molecule has 1 rings (SSSR count). The van der Waals surface area contributed by atoms with Gasteiger partial charge in [-0.1, -0.05) is 6.42 Å². The van der Waals surface area contributed by atoms with Crippen LogP contribution >= 0.6 is 12.4 Å². The van der Waals surface area contributed by atoms with Crippen LogP contribution in [0, 0.1) is 0 Å². The van der Waals surface area contributed by atoms with Crippen LogP contribution in [0.15, 0.2) is 0 Å². The summed E-state index contributed by atoms with van der Waals surface area (Å²) in [5.41, 5.74) is 5.36. The number of ether oxygens (including phenoxy) is 1. The normalized spacial score (nSPS) is 27.4. The number of likely N-dealkylation sites (tertiary alicyclic amines) is 1. The fourth-order valence-electron chi connectivity index (χ4n) is 2.27. The molecule has 2 N–H and O–H groups in total. The lowest BCUT2D eigenvalue weighted by molar-refractivity contribution is 0.0520. The van der Waals surface area contributed by atoms with Gasteiger partial charge < -0.3 is 10.5 Å². The Balaban J connectivity index is 0.00000196. The molecule has 0 radical (unpaired) electrons. The van der Waals surface area contributed by atoms with E-state index in [1.165, 1.54) is 19.3 Å². The van der Waals surface area contributed by atoms with E-state index in [9.17, 15) is 0 Å². The minimum atomic E-state index is 0. The maximum atomic E-state index is 5.42. The van der Waals surface area contributed by atoms with E-state index in [1.54, 1.807) is 0 Å². The SMILES string of the molecule is C[C@@H]1CCC[C@H](C)N1CCOCCN.Cl. The molecule has 1 aliphatic rings. The first-order valence-corrected chi connectivity index (χ1v) is 5.79. The Morgan fingerprint density at radius 1 is 1.20 bits per heavy atom. The third kappa shape index (κ3) is 5.16. The molecule has 15 heavy (non-hydrogen) atoms. The maximum absolute atomic E-state index is 5.42. The molecule has 1 aliphatic heterocycles. The number of nitrogens with zero attached hydrogens (tertiary/aromatic N) is 1. The van der Waals surface area contributed by atoms with Gasteiger partial charge in [0.15, 0.2) is 0 Å². The molecule has 0 aliphatic carbocycles. The number of rotatable bonds is 5. The third-order valence-electron chi connectivity index (χ3n) is 3.13. The zero-order valence-corrected chi connectivity index (χ0v) is 10.8. The Labute approximate surface area is 99.7 Å². The lowest BCUT2D eigenvalue weighted by Gasteiger charge is -2.38. The summed E-state index contributed by atoms with van der Waals surface area (Å²) in [6.45, 7) is 7.84. The highest BCUT2D eigenvalue weighted by Crippen LogP contribution is 2.21. The fourth-order valence-corrected chi connectivity index (χ4v) is 2.27. The van der Waals surface area contributed by atoms with Crippen LogP contribution in [0.4, 0.5) is 0 Å². The van der Waals surface area contributed by atoms with Crippen molar-refractivity contribution >= 4 is 12.4 Å². The molecule has 4 heteroatoms. The summed E-state index contributed by atoms with van der Waals surface area (Å²) in [5, 5.41) is 0. The van der Waals surface area contributed by atoms with E-state index in [-0.39, 0.29) is 12.4 Å². The van der Waals surface area contributed by atoms with Crippen molar-refractivity contribution in [2.24, 2.45) is 5.73 Å². The van der Waals surface area contributed by atoms with Gasteiger partial charge in [0.1, 0.15) is 0 Å². The average Bonchev–Trinajstić information content (AvgIpc) is 2.16. The summed E-state index contributed by atoms with van der Waals surface area (Å²) in [4.78, 5) is 2.56. The maximum Gasteiger partial charge on any atom is 0.0594 e. The lowest BCUT2D eigenvalue weighted by atomic mass is 9.98. The Hall–Kier alpha value is 0.170. The predicted molar refractivity (Wildman–Crippen MR) is 66.6 cm³/mol. The van der Waals surface area contributed by atoms with E-state index in [0.717, 1.165) is 25.2 Å². The van der Waals surface area contributed by atoms with Gasteiger partial charge >= 0.3 is 0 Å². The van der Waals surface area contributed by atoms with E-state index >= 15 is 0 Å². The van der Waals surface area contributed by atoms with Crippen molar-refractivity contribution in [1.29, 1.82) is 0 Å². The van der Waals surface area contributed by atoms with Gasteiger partial charge in [0, 0.05) is 25.2 Å². The molecule has 0 aromatic rings. The van der Waals surface area contributed by atoms with Gasteiger partial charge in [0.05, 0.1) is 13.2 Å². The number of hydrogen-bond acceptors (Lipinski definition) is 3. The molecule has 0 aromatic carbocycles. The van der Waals surface area contributed by atoms with Crippen LogP contribution in [0.1, 0.15) is 33.1 Å². The highest BCUT2D eigenvalue weighted by atomic mass is 35.5. The van der Waals surface area contributed by atoms with E-state index < -0.39 is 0 Å². The van der Waals surface area contributed by atoms with E-state index in [0.29, 0.717) is 13.2 Å². The van der Waals surface area contributed by atoms with Crippen LogP contribution in [0.2, 0.25) is 0 Å². The van der Waals surface area contributed by atoms with Gasteiger partial charge in [0.2, 0.25) is 0 Å². The molecule has 1 heterocycles. The number of piperidine rings is 1. The molecule has 0 aromatic heterocycles. The van der Waals surface area contributed by atoms with Crippen LogP contribution < -0.4 is 5.73 Å². The van der Waals surface area contributed by atoms with Gasteiger partial charge in [-0.25, -0.2) is 0 Å². The van der Waals surface area contributed by atoms with Crippen LogP contribution in [0.5, 0.6) is 0 Å². The molecule has 1 saturated heterocycles. The standard InChI is InChI=1S/C11H24N2O.ClH/c1-10-4-3-5-11(2)13(10)7-9-14-8-6-12;/h10-11H,3-9,12H2,1-2H3;1H/t10-,11+;. The Morgan fingerprint density at radius 3 is 2.33 bits per heavy atom. The van der Waals surface area contributed by atoms with E-state index in [2.05, 4.69) is 18.7 Å². The van der Waals surface area contributed by atoms with Gasteiger partial charge in [-0.3, -0.25) is 4.90 Å². The van der Waals surface area contributed by atoms with Gasteiger partial charge in [0.25, 0.3) is 0 Å². The Kier molecular flexibility index (Phi) is 8.43. The molecule has 92 valence electrons. The third-order valence-corrected chi connectivity index (χ3v) is 3.13. The minimum Gasteiger partial charge on any atom is -0.379 e. The summed E-state index contributed by atoms with van der Waals surface area (Å²) < 4.78 is 5.42. The quantitative estimate of drug-likeness (QED) is 0.738. The highest BCUT2D eigenvalue weighted by Gasteiger charge is 2.23. The minimum absolute atomic E-state index is 0. The fraction of sp³-hybridized carbons (Fsp3) is 1.00. The van der Waals surface area contributed by atoms with Gasteiger partial charge in [-0.2, -0.15) is 0 Å². The van der Waals surface area contributed by atoms with E-state index in [1.807, 2.05) is 0 Å². The smallest absolute Gasteiger partial charge is 0.0594 e. The Morgan fingerprint density at radius 2 is 1.80 bits per heavy atom. The summed E-state index contributed by atoms with van der Waals surface area (Å²) in [5.74, 6) is 0. The first kappa shape index (κ1) is 15.2. The molecular formula is C11H25ClN2O. The molecular weight excluding hydrogens is 212 g/mol. The second-order valence-electron chi connectivity index (χ2n) is 4.27. The van der Waals surface area contributed by atoms with Crippen molar-refractivity contribution < 1.29 is 4.74 Å². The van der Waals surface area contributed by atoms with Gasteiger partial charge in [-0.15, -0.1) is 12.4 Å². The summed E-state index contributed by atoms with van der Waals surface area (Å²) in [7, 11) is 0. The number of nitrogens with two attached hydrogens (primary N) is 1. The molecule has 2 atom stereocenters. The molecule has 0 saturated carbocycles. The number of halogens is 1. The summed E-state index contributed by atoms with van der Waals surface area (Å²) >= 11 is 0. The van der Waals surface area contributed by atoms with Crippen molar-refractivity contribution in [3.05, 3.63) is 0 Å². The summed E-state index contributed by atoms with van der Waals surface area (Å²) in [6.07, 6.45) is 4.05. The van der Waals surface area contributed by atoms with Crippen LogP contribution in [0.3, 0.4) is 0 Å². The molecule has 3 nitrogen and oxygen atoms in total. The monoisotopic (exact) mass is 236 g/mol. The van der Waals surface area contributed by atoms with Crippen molar-refractivity contribution in [1.82, 2.24) is 4.90 Å². The second-order valence-corrected chi connectivity index (χ2v) is 4.27. The molecule has 0 unspecified atom stereocenters. The predicted octanol–water partition coefficient (Wildman–Crippen LogP) is 1.65. The lowest BCUT2D eigenvalue weighted by Crippen LogP contribution is -2.45. The van der Waals surface area contributed by atoms with Crippen LogP contribution in [-0.4, -0.2) is 43.3 Å². The van der Waals surface area contributed by atoms with Crippen molar-refractivity contribution in [3.8, 4) is 0 Å². The summed E-state index contributed by atoms with van der Waals surface area (Å²) in [6, 6.07) is 1.44. The molecule has 0 bridgehead atoms. The zero-order valence-electron chi connectivity index (χ0n) is 9.95. The molecule has 0 amide bonds. The second kappa shape index (κ2) is 8.34. The molecule has 0 spiro atoms. The first-order valence-electron chi connectivity index (χ1n) is 5.79. The molecule has 1 fully saturated rings. The van der Waals surface area contributed by atoms with Gasteiger partial charge in [-0.05, 0) is 26.7 Å². The zero-order chi connectivity index (χ0) is 10.4. The van der Waals surface area contributed by atoms with Crippen molar-refractivity contribution in [3.63, 3.8) is 0 Å². The highest BCUT2D eigenvalue weighted by molar-refractivity contribution is 5.85. The number of hydrogen-bond donors (Lipinski definition) is 1. The van der Waals surface area contributed by atoms with Crippen LogP contribution in [-0.2, 0) is 4.74 Å². The largest absolute Gasteiger partial charge is 0.379 e.